The number of carbonyl (C=O) groups is 1. The molecule has 1 amide bonds. The standard InChI is InChI=1S/C14H27N3OS/c1-3-17(12-7-5-4-6-8-12)11-14(18)16(2)10-9-13(15)19/h12H,3-11H2,1-2H3,(H2,15,19). The van der Waals surface area contributed by atoms with Gasteiger partial charge in [-0.05, 0) is 19.4 Å². The highest BCUT2D eigenvalue weighted by Crippen LogP contribution is 2.22. The van der Waals surface area contributed by atoms with Gasteiger partial charge in [-0.3, -0.25) is 9.69 Å². The van der Waals surface area contributed by atoms with E-state index in [2.05, 4.69) is 11.8 Å². The Morgan fingerprint density at radius 3 is 2.47 bits per heavy atom. The van der Waals surface area contributed by atoms with Crippen LogP contribution in [0.15, 0.2) is 0 Å². The van der Waals surface area contributed by atoms with Crippen molar-refractivity contribution in [3.05, 3.63) is 0 Å². The first-order valence-corrected chi connectivity index (χ1v) is 7.71. The molecule has 0 aliphatic heterocycles. The Morgan fingerprint density at radius 1 is 1.32 bits per heavy atom. The van der Waals surface area contributed by atoms with Gasteiger partial charge in [0.15, 0.2) is 0 Å². The van der Waals surface area contributed by atoms with Gasteiger partial charge in [0, 0.05) is 26.1 Å². The van der Waals surface area contributed by atoms with E-state index >= 15 is 0 Å². The number of hydrogen-bond acceptors (Lipinski definition) is 3. The maximum absolute atomic E-state index is 12.2. The summed E-state index contributed by atoms with van der Waals surface area (Å²) in [5.74, 6) is 0.170. The molecule has 2 N–H and O–H groups in total. The molecule has 0 saturated heterocycles. The van der Waals surface area contributed by atoms with E-state index < -0.39 is 0 Å². The van der Waals surface area contributed by atoms with Crippen molar-refractivity contribution in [3.63, 3.8) is 0 Å². The topological polar surface area (TPSA) is 49.6 Å². The third-order valence-electron chi connectivity index (χ3n) is 3.95. The molecular weight excluding hydrogens is 258 g/mol. The first kappa shape index (κ1) is 16.4. The van der Waals surface area contributed by atoms with Gasteiger partial charge in [-0.25, -0.2) is 0 Å². The summed E-state index contributed by atoms with van der Waals surface area (Å²) in [4.78, 5) is 16.7. The van der Waals surface area contributed by atoms with Gasteiger partial charge in [-0.15, -0.1) is 0 Å². The van der Waals surface area contributed by atoms with Crippen LogP contribution < -0.4 is 5.73 Å². The van der Waals surface area contributed by atoms with Crippen LogP contribution in [0.4, 0.5) is 0 Å². The van der Waals surface area contributed by atoms with Crippen molar-refractivity contribution >= 4 is 23.1 Å². The van der Waals surface area contributed by atoms with Crippen molar-refractivity contribution in [2.75, 3.05) is 26.7 Å². The van der Waals surface area contributed by atoms with E-state index in [1.807, 2.05) is 7.05 Å². The number of nitrogens with zero attached hydrogens (tertiary/aromatic N) is 2. The highest BCUT2D eigenvalue weighted by Gasteiger charge is 2.22. The number of rotatable bonds is 7. The molecule has 1 aliphatic carbocycles. The fraction of sp³-hybridized carbons (Fsp3) is 0.857. The Hall–Kier alpha value is -0.680. The number of nitrogens with two attached hydrogens (primary N) is 1. The number of thiocarbonyl (C=S) groups is 1. The predicted octanol–water partition coefficient (Wildman–Crippen LogP) is 1.78. The summed E-state index contributed by atoms with van der Waals surface area (Å²) < 4.78 is 0. The zero-order chi connectivity index (χ0) is 14.3. The highest BCUT2D eigenvalue weighted by atomic mass is 32.1. The first-order chi connectivity index (χ1) is 9.04. The number of likely N-dealkylation sites (N-methyl/N-ethyl adjacent to an activating group) is 2. The molecule has 0 aromatic heterocycles. The van der Waals surface area contributed by atoms with E-state index in [9.17, 15) is 4.79 Å². The molecule has 4 nitrogen and oxygen atoms in total. The zero-order valence-corrected chi connectivity index (χ0v) is 13.0. The summed E-state index contributed by atoms with van der Waals surface area (Å²) in [7, 11) is 1.83. The number of carbonyl (C=O) groups excluding carboxylic acids is 1. The fourth-order valence-electron chi connectivity index (χ4n) is 2.64. The van der Waals surface area contributed by atoms with Gasteiger partial charge >= 0.3 is 0 Å². The third kappa shape index (κ3) is 5.87. The SMILES string of the molecule is CCN(CC(=O)N(C)CCC(N)=S)C1CCCCC1. The molecule has 0 bridgehead atoms. The molecule has 19 heavy (non-hydrogen) atoms. The quantitative estimate of drug-likeness (QED) is 0.724. The highest BCUT2D eigenvalue weighted by molar-refractivity contribution is 7.80. The van der Waals surface area contributed by atoms with E-state index in [0.29, 0.717) is 30.5 Å². The molecule has 0 unspecified atom stereocenters. The van der Waals surface area contributed by atoms with Crippen LogP contribution in [0.5, 0.6) is 0 Å². The Labute approximate surface area is 122 Å². The second-order valence-corrected chi connectivity index (χ2v) is 5.91. The van der Waals surface area contributed by atoms with Crippen molar-refractivity contribution in [2.45, 2.75) is 51.5 Å². The fourth-order valence-corrected chi connectivity index (χ4v) is 2.73. The molecule has 1 aliphatic rings. The van der Waals surface area contributed by atoms with Crippen LogP contribution in [-0.4, -0.2) is 53.4 Å². The zero-order valence-electron chi connectivity index (χ0n) is 12.2. The molecule has 1 fully saturated rings. The molecule has 1 rings (SSSR count). The minimum Gasteiger partial charge on any atom is -0.393 e. The molecule has 0 spiro atoms. The molecule has 0 atom stereocenters. The lowest BCUT2D eigenvalue weighted by Crippen LogP contribution is -2.44. The summed E-state index contributed by atoms with van der Waals surface area (Å²) in [6, 6.07) is 0.590. The molecule has 1 saturated carbocycles. The minimum atomic E-state index is 0.170. The van der Waals surface area contributed by atoms with Gasteiger partial charge in [-0.2, -0.15) is 0 Å². The molecular formula is C14H27N3OS. The van der Waals surface area contributed by atoms with E-state index in [4.69, 9.17) is 18.0 Å². The molecule has 0 aromatic carbocycles. The van der Waals surface area contributed by atoms with Crippen molar-refractivity contribution in [3.8, 4) is 0 Å². The maximum Gasteiger partial charge on any atom is 0.236 e. The monoisotopic (exact) mass is 285 g/mol. The normalized spacial score (nSPS) is 16.6. The lowest BCUT2D eigenvalue weighted by molar-refractivity contribution is -0.131. The summed E-state index contributed by atoms with van der Waals surface area (Å²) in [5.41, 5.74) is 5.47. The average Bonchev–Trinajstić information content (AvgIpc) is 2.42. The number of amides is 1. The average molecular weight is 285 g/mol. The largest absolute Gasteiger partial charge is 0.393 e. The van der Waals surface area contributed by atoms with Crippen LogP contribution in [0, 0.1) is 0 Å². The van der Waals surface area contributed by atoms with Gasteiger partial charge in [0.1, 0.15) is 0 Å². The summed E-state index contributed by atoms with van der Waals surface area (Å²) in [5, 5.41) is 0. The Kier molecular flexibility index (Phi) is 7.31. The van der Waals surface area contributed by atoms with E-state index in [0.717, 1.165) is 6.54 Å². The minimum absolute atomic E-state index is 0.170. The summed E-state index contributed by atoms with van der Waals surface area (Å²) >= 11 is 4.84. The maximum atomic E-state index is 12.2. The summed E-state index contributed by atoms with van der Waals surface area (Å²) in [6.45, 7) is 4.22. The van der Waals surface area contributed by atoms with Crippen LogP contribution in [0.25, 0.3) is 0 Å². The second kappa shape index (κ2) is 8.48. The molecule has 110 valence electrons. The van der Waals surface area contributed by atoms with Crippen LogP contribution >= 0.6 is 12.2 Å². The molecule has 0 radical (unpaired) electrons. The Balaban J connectivity index is 2.40. The van der Waals surface area contributed by atoms with Crippen LogP contribution in [0.3, 0.4) is 0 Å². The summed E-state index contributed by atoms with van der Waals surface area (Å²) in [6.07, 6.45) is 7.01. The van der Waals surface area contributed by atoms with Gasteiger partial charge in [0.2, 0.25) is 5.91 Å². The lowest BCUT2D eigenvalue weighted by atomic mass is 9.94. The molecule has 0 aromatic rings. The van der Waals surface area contributed by atoms with Crippen LogP contribution in [0.2, 0.25) is 0 Å². The van der Waals surface area contributed by atoms with Gasteiger partial charge in [0.05, 0.1) is 11.5 Å². The van der Waals surface area contributed by atoms with E-state index in [-0.39, 0.29) is 5.91 Å². The predicted molar refractivity (Wildman–Crippen MR) is 83.2 cm³/mol. The Bertz CT molecular complexity index is 303. The first-order valence-electron chi connectivity index (χ1n) is 7.31. The van der Waals surface area contributed by atoms with Gasteiger partial charge < -0.3 is 10.6 Å². The molecule has 0 heterocycles. The van der Waals surface area contributed by atoms with E-state index in [1.54, 1.807) is 4.90 Å². The van der Waals surface area contributed by atoms with Gasteiger partial charge in [-0.1, -0.05) is 38.4 Å². The Morgan fingerprint density at radius 2 is 1.95 bits per heavy atom. The van der Waals surface area contributed by atoms with Crippen molar-refractivity contribution < 1.29 is 4.79 Å². The van der Waals surface area contributed by atoms with Crippen molar-refractivity contribution in [2.24, 2.45) is 5.73 Å². The van der Waals surface area contributed by atoms with E-state index in [1.165, 1.54) is 32.1 Å². The van der Waals surface area contributed by atoms with Crippen LogP contribution in [-0.2, 0) is 4.79 Å². The van der Waals surface area contributed by atoms with Crippen LogP contribution in [0.1, 0.15) is 45.4 Å². The molecule has 5 heteroatoms. The van der Waals surface area contributed by atoms with Gasteiger partial charge in [0.25, 0.3) is 0 Å². The number of hydrogen-bond donors (Lipinski definition) is 1. The smallest absolute Gasteiger partial charge is 0.236 e. The lowest BCUT2D eigenvalue weighted by Gasteiger charge is -2.34. The van der Waals surface area contributed by atoms with Crippen molar-refractivity contribution in [1.29, 1.82) is 0 Å². The van der Waals surface area contributed by atoms with Crippen molar-refractivity contribution in [1.82, 2.24) is 9.80 Å². The second-order valence-electron chi connectivity index (χ2n) is 5.39. The third-order valence-corrected chi connectivity index (χ3v) is 4.16.